The molecule has 0 spiro atoms. The molecule has 2 heterocycles. The first kappa shape index (κ1) is 16.2. The van der Waals surface area contributed by atoms with Crippen molar-refractivity contribution < 1.29 is 9.13 Å². The normalized spacial score (nSPS) is 11.2. The fourth-order valence-electron chi connectivity index (χ4n) is 3.07. The summed E-state index contributed by atoms with van der Waals surface area (Å²) in [4.78, 5) is 17.0. The molecule has 24 heavy (non-hydrogen) atoms. The Kier molecular flexibility index (Phi) is 4.09. The molecular formula is C19H19FN2O2. The molecule has 0 aliphatic carbocycles. The first-order chi connectivity index (χ1) is 11.5. The summed E-state index contributed by atoms with van der Waals surface area (Å²) in [6, 6.07) is 8.75. The Balaban J connectivity index is 2.48. The van der Waals surface area contributed by atoms with Crippen LogP contribution in [-0.4, -0.2) is 16.7 Å². The van der Waals surface area contributed by atoms with Crippen molar-refractivity contribution in [2.24, 2.45) is 0 Å². The van der Waals surface area contributed by atoms with Gasteiger partial charge in [-0.05, 0) is 30.4 Å². The van der Waals surface area contributed by atoms with Gasteiger partial charge in [-0.3, -0.25) is 9.36 Å². The van der Waals surface area contributed by atoms with Crippen LogP contribution in [0.3, 0.4) is 0 Å². The molecule has 3 rings (SSSR count). The van der Waals surface area contributed by atoms with Gasteiger partial charge in [0.2, 0.25) is 11.8 Å². The van der Waals surface area contributed by atoms with Crippen LogP contribution in [0, 0.1) is 12.9 Å². The number of fused-ring (bicyclic) bond motifs is 1. The van der Waals surface area contributed by atoms with Gasteiger partial charge in [0.15, 0.2) is 0 Å². The first-order valence-corrected chi connectivity index (χ1v) is 7.80. The second-order valence-electron chi connectivity index (χ2n) is 6.01. The maximum Gasteiger partial charge on any atom is 0.265 e. The zero-order valence-electron chi connectivity index (χ0n) is 14.1. The van der Waals surface area contributed by atoms with Crippen molar-refractivity contribution in [2.75, 3.05) is 7.11 Å². The number of rotatable bonds is 3. The van der Waals surface area contributed by atoms with E-state index in [0.29, 0.717) is 33.5 Å². The number of hydrogen-bond donors (Lipinski definition) is 0. The van der Waals surface area contributed by atoms with E-state index in [1.54, 1.807) is 31.2 Å². The molecule has 0 radical (unpaired) electrons. The van der Waals surface area contributed by atoms with Crippen LogP contribution in [-0.2, 0) is 0 Å². The molecule has 0 saturated carbocycles. The Morgan fingerprint density at radius 3 is 2.46 bits per heavy atom. The van der Waals surface area contributed by atoms with Crippen LogP contribution in [0.25, 0.3) is 16.5 Å². The van der Waals surface area contributed by atoms with Gasteiger partial charge in [-0.15, -0.1) is 0 Å². The molecular weight excluding hydrogens is 307 g/mol. The van der Waals surface area contributed by atoms with E-state index in [0.717, 1.165) is 4.57 Å². The molecule has 0 atom stereocenters. The van der Waals surface area contributed by atoms with Crippen LogP contribution in [0.5, 0.6) is 5.88 Å². The molecule has 1 aromatic carbocycles. The highest BCUT2D eigenvalue weighted by atomic mass is 19.1. The highest BCUT2D eigenvalue weighted by Crippen LogP contribution is 2.29. The fraction of sp³-hybridized carbons (Fsp3) is 0.263. The number of methoxy groups -OCH3 is 1. The van der Waals surface area contributed by atoms with Gasteiger partial charge in [0.1, 0.15) is 0 Å². The number of hydrogen-bond acceptors (Lipinski definition) is 3. The SMILES string of the molecule is COc1nccc(-n2c(F)c(C(C)C)c3ccccc3c2=O)c1C. The van der Waals surface area contributed by atoms with Crippen molar-refractivity contribution in [1.29, 1.82) is 0 Å². The van der Waals surface area contributed by atoms with Crippen LogP contribution in [0.15, 0.2) is 41.3 Å². The largest absolute Gasteiger partial charge is 0.481 e. The molecule has 4 nitrogen and oxygen atoms in total. The first-order valence-electron chi connectivity index (χ1n) is 7.80. The van der Waals surface area contributed by atoms with Crippen molar-refractivity contribution in [3.8, 4) is 11.6 Å². The maximum atomic E-state index is 15.3. The summed E-state index contributed by atoms with van der Waals surface area (Å²) in [5.41, 5.74) is 1.20. The van der Waals surface area contributed by atoms with E-state index in [2.05, 4.69) is 4.98 Å². The van der Waals surface area contributed by atoms with Crippen molar-refractivity contribution in [3.63, 3.8) is 0 Å². The smallest absolute Gasteiger partial charge is 0.265 e. The molecule has 0 amide bonds. The van der Waals surface area contributed by atoms with E-state index < -0.39 is 5.95 Å². The zero-order chi connectivity index (χ0) is 17.4. The Hall–Kier alpha value is -2.69. The van der Waals surface area contributed by atoms with Crippen molar-refractivity contribution in [3.05, 3.63) is 64.0 Å². The van der Waals surface area contributed by atoms with Gasteiger partial charge in [0.25, 0.3) is 5.56 Å². The summed E-state index contributed by atoms with van der Waals surface area (Å²) in [5, 5.41) is 1.16. The van der Waals surface area contributed by atoms with Gasteiger partial charge in [-0.1, -0.05) is 32.0 Å². The Morgan fingerprint density at radius 2 is 1.83 bits per heavy atom. The lowest BCUT2D eigenvalue weighted by molar-refractivity contribution is 0.394. The van der Waals surface area contributed by atoms with Gasteiger partial charge in [-0.25, -0.2) is 4.98 Å². The summed E-state index contributed by atoms with van der Waals surface area (Å²) < 4.78 is 21.6. The van der Waals surface area contributed by atoms with Gasteiger partial charge in [0.05, 0.1) is 12.8 Å². The Bertz CT molecular complexity index is 977. The minimum Gasteiger partial charge on any atom is -0.481 e. The molecule has 0 bridgehead atoms. The number of aromatic nitrogens is 2. The van der Waals surface area contributed by atoms with Crippen LogP contribution in [0.2, 0.25) is 0 Å². The average molecular weight is 326 g/mol. The highest BCUT2D eigenvalue weighted by Gasteiger charge is 2.21. The van der Waals surface area contributed by atoms with Gasteiger partial charge in [-0.2, -0.15) is 4.39 Å². The number of halogens is 1. The van der Waals surface area contributed by atoms with Crippen molar-refractivity contribution in [1.82, 2.24) is 9.55 Å². The molecule has 2 aromatic heterocycles. The van der Waals surface area contributed by atoms with Crippen LogP contribution in [0.1, 0.15) is 30.9 Å². The predicted octanol–water partition coefficient (Wildman–Crippen LogP) is 3.97. The quantitative estimate of drug-likeness (QED) is 0.684. The number of nitrogens with zero attached hydrogens (tertiary/aromatic N) is 2. The molecule has 124 valence electrons. The van der Waals surface area contributed by atoms with Gasteiger partial charge < -0.3 is 4.74 Å². The maximum absolute atomic E-state index is 15.3. The molecule has 0 aliphatic rings. The highest BCUT2D eigenvalue weighted by molar-refractivity contribution is 5.85. The zero-order valence-corrected chi connectivity index (χ0v) is 14.1. The second kappa shape index (κ2) is 6.07. The van der Waals surface area contributed by atoms with Gasteiger partial charge in [0, 0.05) is 22.7 Å². The number of pyridine rings is 2. The lowest BCUT2D eigenvalue weighted by Crippen LogP contribution is -2.25. The van der Waals surface area contributed by atoms with Crippen LogP contribution < -0.4 is 10.3 Å². The molecule has 5 heteroatoms. The van der Waals surface area contributed by atoms with E-state index in [-0.39, 0.29) is 11.5 Å². The van der Waals surface area contributed by atoms with E-state index in [9.17, 15) is 4.79 Å². The lowest BCUT2D eigenvalue weighted by Gasteiger charge is -2.18. The minimum atomic E-state index is -0.537. The van der Waals surface area contributed by atoms with E-state index in [1.807, 2.05) is 19.9 Å². The number of benzene rings is 1. The summed E-state index contributed by atoms with van der Waals surface area (Å²) in [6.07, 6.45) is 1.51. The van der Waals surface area contributed by atoms with Gasteiger partial charge >= 0.3 is 0 Å². The van der Waals surface area contributed by atoms with E-state index in [4.69, 9.17) is 4.74 Å². The van der Waals surface area contributed by atoms with Crippen molar-refractivity contribution in [2.45, 2.75) is 26.7 Å². The standard InChI is InChI=1S/C19H19FN2O2/c1-11(2)16-13-7-5-6-8-14(13)19(23)22(17(16)20)15-9-10-21-18(24-4)12(15)3/h5-11H,1-4H3. The Morgan fingerprint density at radius 1 is 1.17 bits per heavy atom. The third-order valence-corrected chi connectivity index (χ3v) is 4.21. The molecule has 0 N–H and O–H groups in total. The molecule has 0 fully saturated rings. The van der Waals surface area contributed by atoms with Crippen LogP contribution in [0.4, 0.5) is 4.39 Å². The molecule has 3 aromatic rings. The summed E-state index contributed by atoms with van der Waals surface area (Å²) in [7, 11) is 1.50. The summed E-state index contributed by atoms with van der Waals surface area (Å²) in [6.45, 7) is 5.59. The predicted molar refractivity (Wildman–Crippen MR) is 92.7 cm³/mol. The molecule has 0 aliphatic heterocycles. The summed E-state index contributed by atoms with van der Waals surface area (Å²) >= 11 is 0. The lowest BCUT2D eigenvalue weighted by atomic mass is 9.97. The summed E-state index contributed by atoms with van der Waals surface area (Å²) in [5.74, 6) is -0.228. The average Bonchev–Trinajstić information content (AvgIpc) is 2.56. The van der Waals surface area contributed by atoms with E-state index >= 15 is 4.39 Å². The third kappa shape index (κ3) is 2.37. The number of ether oxygens (including phenoxy) is 1. The monoisotopic (exact) mass is 326 g/mol. The minimum absolute atomic E-state index is 0.0641. The topological polar surface area (TPSA) is 44.1 Å². The molecule has 0 saturated heterocycles. The Labute approximate surface area is 139 Å². The second-order valence-corrected chi connectivity index (χ2v) is 6.01. The van der Waals surface area contributed by atoms with Crippen LogP contribution >= 0.6 is 0 Å². The van der Waals surface area contributed by atoms with E-state index in [1.165, 1.54) is 13.3 Å². The molecule has 0 unspecified atom stereocenters. The van der Waals surface area contributed by atoms with Crippen molar-refractivity contribution >= 4 is 10.8 Å². The fourth-order valence-corrected chi connectivity index (χ4v) is 3.07. The third-order valence-electron chi connectivity index (χ3n) is 4.21.